The summed E-state index contributed by atoms with van der Waals surface area (Å²) in [5, 5.41) is 2.69. The Balaban J connectivity index is 1.60. The second-order valence-electron chi connectivity index (χ2n) is 7.46. The number of amides is 1. The molecular formula is C20H23NO5S. The van der Waals surface area contributed by atoms with Crippen LogP contribution in [0.4, 0.5) is 5.69 Å². The summed E-state index contributed by atoms with van der Waals surface area (Å²) in [4.78, 5) is 12.4. The van der Waals surface area contributed by atoms with Crippen molar-refractivity contribution in [3.05, 3.63) is 48.0 Å². The molecule has 1 heterocycles. The minimum atomic E-state index is -3.52. The number of nitrogens with one attached hydrogen (secondary N) is 1. The van der Waals surface area contributed by atoms with Gasteiger partial charge in [-0.3, -0.25) is 4.79 Å². The largest absolute Gasteiger partial charge is 0.454 e. The van der Waals surface area contributed by atoms with E-state index in [0.29, 0.717) is 17.2 Å². The lowest BCUT2D eigenvalue weighted by Gasteiger charge is -2.19. The van der Waals surface area contributed by atoms with Gasteiger partial charge in [0.2, 0.25) is 12.7 Å². The molecule has 2 aromatic carbocycles. The van der Waals surface area contributed by atoms with E-state index >= 15 is 0 Å². The predicted molar refractivity (Wildman–Crippen MR) is 103 cm³/mol. The van der Waals surface area contributed by atoms with E-state index in [1.165, 1.54) is 0 Å². The van der Waals surface area contributed by atoms with Crippen molar-refractivity contribution in [2.45, 2.75) is 37.5 Å². The fourth-order valence-corrected chi connectivity index (χ4v) is 3.95. The molecule has 0 aromatic heterocycles. The summed E-state index contributed by atoms with van der Waals surface area (Å²) >= 11 is 0. The molecule has 27 heavy (non-hydrogen) atoms. The molecule has 7 heteroatoms. The zero-order valence-electron chi connectivity index (χ0n) is 15.6. The maximum Gasteiger partial charge on any atom is 0.231 e. The van der Waals surface area contributed by atoms with E-state index in [4.69, 9.17) is 9.47 Å². The molecule has 0 atom stereocenters. The van der Waals surface area contributed by atoms with E-state index in [1.54, 1.807) is 30.3 Å². The van der Waals surface area contributed by atoms with Gasteiger partial charge < -0.3 is 14.8 Å². The summed E-state index contributed by atoms with van der Waals surface area (Å²) in [6.45, 7) is 6.35. The molecule has 0 saturated carbocycles. The third kappa shape index (κ3) is 4.60. The SMILES string of the molecule is CC(C)(C)c1ccc(S(=O)(=O)CCC(=O)Nc2ccc3c(c2)OCO3)cc1. The van der Waals surface area contributed by atoms with Crippen LogP contribution in [0.25, 0.3) is 0 Å². The number of carbonyl (C=O) groups is 1. The quantitative estimate of drug-likeness (QED) is 0.846. The highest BCUT2D eigenvalue weighted by molar-refractivity contribution is 7.91. The zero-order valence-corrected chi connectivity index (χ0v) is 16.4. The van der Waals surface area contributed by atoms with Crippen LogP contribution in [0.15, 0.2) is 47.4 Å². The van der Waals surface area contributed by atoms with Gasteiger partial charge in [0.25, 0.3) is 0 Å². The van der Waals surface area contributed by atoms with Crippen LogP contribution in [0.1, 0.15) is 32.8 Å². The molecule has 1 N–H and O–H groups in total. The number of fused-ring (bicyclic) bond motifs is 1. The van der Waals surface area contributed by atoms with Gasteiger partial charge in [-0.25, -0.2) is 8.42 Å². The van der Waals surface area contributed by atoms with Crippen LogP contribution in [0.3, 0.4) is 0 Å². The molecule has 0 unspecified atom stereocenters. The minimum Gasteiger partial charge on any atom is -0.454 e. The van der Waals surface area contributed by atoms with Gasteiger partial charge in [-0.15, -0.1) is 0 Å². The molecule has 1 amide bonds. The third-order valence-corrected chi connectivity index (χ3v) is 6.07. The highest BCUT2D eigenvalue weighted by Crippen LogP contribution is 2.34. The maximum atomic E-state index is 12.5. The van der Waals surface area contributed by atoms with Crippen LogP contribution in [0.5, 0.6) is 11.5 Å². The lowest BCUT2D eigenvalue weighted by atomic mass is 9.87. The molecule has 2 aromatic rings. The molecule has 0 spiro atoms. The van der Waals surface area contributed by atoms with Gasteiger partial charge in [0.1, 0.15) is 0 Å². The predicted octanol–water partition coefficient (Wildman–Crippen LogP) is 3.52. The Kier molecular flexibility index (Phi) is 5.15. The average Bonchev–Trinajstić information content (AvgIpc) is 3.07. The van der Waals surface area contributed by atoms with E-state index in [0.717, 1.165) is 5.56 Å². The van der Waals surface area contributed by atoms with E-state index in [2.05, 4.69) is 26.1 Å². The first-order valence-electron chi connectivity index (χ1n) is 8.68. The molecule has 0 radical (unpaired) electrons. The van der Waals surface area contributed by atoms with E-state index in [1.807, 2.05) is 12.1 Å². The normalized spacial score (nSPS) is 13.4. The molecular weight excluding hydrogens is 366 g/mol. The lowest BCUT2D eigenvalue weighted by molar-refractivity contribution is -0.115. The van der Waals surface area contributed by atoms with Gasteiger partial charge in [0, 0.05) is 18.2 Å². The smallest absolute Gasteiger partial charge is 0.231 e. The number of ether oxygens (including phenoxy) is 2. The first-order valence-corrected chi connectivity index (χ1v) is 10.3. The topological polar surface area (TPSA) is 81.7 Å². The number of anilines is 1. The van der Waals surface area contributed by atoms with Gasteiger partial charge >= 0.3 is 0 Å². The number of sulfone groups is 1. The minimum absolute atomic E-state index is 0.0488. The van der Waals surface area contributed by atoms with Crippen molar-refractivity contribution < 1.29 is 22.7 Å². The lowest BCUT2D eigenvalue weighted by Crippen LogP contribution is -2.17. The first-order chi connectivity index (χ1) is 12.6. The summed E-state index contributed by atoms with van der Waals surface area (Å²) in [6, 6.07) is 11.9. The summed E-state index contributed by atoms with van der Waals surface area (Å²) in [5.74, 6) is 0.551. The fraction of sp³-hybridized carbons (Fsp3) is 0.350. The van der Waals surface area contributed by atoms with Crippen LogP contribution in [-0.2, 0) is 20.0 Å². The van der Waals surface area contributed by atoms with Gasteiger partial charge in [-0.2, -0.15) is 0 Å². The molecule has 0 bridgehead atoms. The number of hydrogen-bond donors (Lipinski definition) is 1. The number of carbonyl (C=O) groups excluding carboxylic acids is 1. The maximum absolute atomic E-state index is 12.5. The number of benzene rings is 2. The highest BCUT2D eigenvalue weighted by atomic mass is 32.2. The zero-order chi connectivity index (χ0) is 19.7. The van der Waals surface area contributed by atoms with Crippen molar-refractivity contribution in [3.63, 3.8) is 0 Å². The summed E-state index contributed by atoms with van der Waals surface area (Å²) in [5.41, 5.74) is 1.55. The Morgan fingerprint density at radius 2 is 1.70 bits per heavy atom. The molecule has 144 valence electrons. The van der Waals surface area contributed by atoms with Gasteiger partial charge in [-0.05, 0) is 35.2 Å². The van der Waals surface area contributed by atoms with E-state index in [-0.39, 0.29) is 35.2 Å². The van der Waals surface area contributed by atoms with Crippen LogP contribution in [0, 0.1) is 0 Å². The number of rotatable bonds is 5. The van der Waals surface area contributed by atoms with Gasteiger partial charge in [0.15, 0.2) is 21.3 Å². The summed E-state index contributed by atoms with van der Waals surface area (Å²) in [6.07, 6.45) is -0.127. The van der Waals surface area contributed by atoms with Crippen molar-refractivity contribution in [3.8, 4) is 11.5 Å². The van der Waals surface area contributed by atoms with Crippen LogP contribution in [-0.4, -0.2) is 26.9 Å². The van der Waals surface area contributed by atoms with Gasteiger partial charge in [-0.1, -0.05) is 32.9 Å². The Morgan fingerprint density at radius 1 is 1.04 bits per heavy atom. The Morgan fingerprint density at radius 3 is 2.37 bits per heavy atom. The van der Waals surface area contributed by atoms with E-state index < -0.39 is 9.84 Å². The molecule has 0 aliphatic carbocycles. The molecule has 0 saturated heterocycles. The average molecular weight is 389 g/mol. The van der Waals surface area contributed by atoms with Crippen molar-refractivity contribution in [2.75, 3.05) is 17.9 Å². The van der Waals surface area contributed by atoms with Crippen molar-refractivity contribution in [1.82, 2.24) is 0 Å². The second kappa shape index (κ2) is 7.23. The number of hydrogen-bond acceptors (Lipinski definition) is 5. The molecule has 0 fully saturated rings. The molecule has 6 nitrogen and oxygen atoms in total. The van der Waals surface area contributed by atoms with Crippen LogP contribution in [0.2, 0.25) is 0 Å². The third-order valence-electron chi connectivity index (χ3n) is 4.33. The Bertz CT molecular complexity index is 943. The van der Waals surface area contributed by atoms with Crippen LogP contribution < -0.4 is 14.8 Å². The van der Waals surface area contributed by atoms with Crippen molar-refractivity contribution >= 4 is 21.4 Å². The van der Waals surface area contributed by atoms with Crippen molar-refractivity contribution in [1.29, 1.82) is 0 Å². The van der Waals surface area contributed by atoms with E-state index in [9.17, 15) is 13.2 Å². The van der Waals surface area contributed by atoms with Gasteiger partial charge in [0.05, 0.1) is 10.6 Å². The van der Waals surface area contributed by atoms with Crippen molar-refractivity contribution in [2.24, 2.45) is 0 Å². The summed E-state index contributed by atoms with van der Waals surface area (Å²) in [7, 11) is -3.52. The highest BCUT2D eigenvalue weighted by Gasteiger charge is 2.19. The Labute approximate surface area is 159 Å². The first kappa shape index (κ1) is 19.2. The standard InChI is InChI=1S/C20H23NO5S/c1-20(2,3)14-4-7-16(8-5-14)27(23,24)11-10-19(22)21-15-6-9-17-18(12-15)26-13-25-17/h4-9,12H,10-11,13H2,1-3H3,(H,21,22). The van der Waals surface area contributed by atoms with Crippen LogP contribution >= 0.6 is 0 Å². The summed E-state index contributed by atoms with van der Waals surface area (Å²) < 4.78 is 35.4. The Hall–Kier alpha value is -2.54. The molecule has 1 aliphatic heterocycles. The monoisotopic (exact) mass is 389 g/mol. The molecule has 3 rings (SSSR count). The second-order valence-corrected chi connectivity index (χ2v) is 9.57. The fourth-order valence-electron chi connectivity index (χ4n) is 2.70. The molecule has 1 aliphatic rings.